The molecule has 0 heterocycles. The van der Waals surface area contributed by atoms with Crippen LogP contribution in [0.15, 0.2) is 108 Å². The molecule has 0 bridgehead atoms. The summed E-state index contributed by atoms with van der Waals surface area (Å²) in [4.78, 5) is 40.4. The van der Waals surface area contributed by atoms with Crippen LogP contribution in [0.1, 0.15) is 46.0 Å². The van der Waals surface area contributed by atoms with E-state index in [1.54, 1.807) is 36.4 Å². The van der Waals surface area contributed by atoms with Gasteiger partial charge in [0.05, 0.1) is 5.25 Å². The molecule has 1 unspecified atom stereocenters. The molecule has 7 heteroatoms. The van der Waals surface area contributed by atoms with Gasteiger partial charge in [0, 0.05) is 21.8 Å². The van der Waals surface area contributed by atoms with Gasteiger partial charge >= 0.3 is 0 Å². The van der Waals surface area contributed by atoms with E-state index in [1.807, 2.05) is 94.4 Å². The molecule has 0 aliphatic rings. The van der Waals surface area contributed by atoms with Crippen LogP contribution in [0, 0.1) is 20.8 Å². The molecular formula is C35H35N3O3S. The number of hydrogen-bond donors (Lipinski definition) is 3. The molecule has 0 saturated carbocycles. The second-order valence-corrected chi connectivity index (χ2v) is 11.3. The first kappa shape index (κ1) is 30.3. The second-order valence-electron chi connectivity index (χ2n) is 10.0. The lowest BCUT2D eigenvalue weighted by molar-refractivity contribution is -0.116. The zero-order chi connectivity index (χ0) is 30.1. The maximum Gasteiger partial charge on any atom is 0.272 e. The third-order valence-electron chi connectivity index (χ3n) is 6.69. The van der Waals surface area contributed by atoms with Crippen LogP contribution in [0.3, 0.4) is 0 Å². The largest absolute Gasteiger partial charge is 0.325 e. The van der Waals surface area contributed by atoms with E-state index in [0.29, 0.717) is 17.7 Å². The summed E-state index contributed by atoms with van der Waals surface area (Å²) < 4.78 is 0. The van der Waals surface area contributed by atoms with Gasteiger partial charge < -0.3 is 16.0 Å². The Morgan fingerprint density at radius 2 is 1.52 bits per heavy atom. The van der Waals surface area contributed by atoms with Gasteiger partial charge in [0.1, 0.15) is 5.70 Å². The Hall–Kier alpha value is -4.62. The number of hydrogen-bond acceptors (Lipinski definition) is 4. The first-order chi connectivity index (χ1) is 20.2. The Bertz CT molecular complexity index is 1620. The summed E-state index contributed by atoms with van der Waals surface area (Å²) in [6.45, 7) is 7.92. The van der Waals surface area contributed by atoms with E-state index in [1.165, 1.54) is 11.8 Å². The zero-order valence-corrected chi connectivity index (χ0v) is 25.0. The zero-order valence-electron chi connectivity index (χ0n) is 24.2. The van der Waals surface area contributed by atoms with Crippen LogP contribution in [-0.2, 0) is 9.59 Å². The van der Waals surface area contributed by atoms with Gasteiger partial charge in [-0.1, -0.05) is 73.2 Å². The number of rotatable bonds is 10. The van der Waals surface area contributed by atoms with E-state index >= 15 is 0 Å². The number of aryl methyl sites for hydroxylation is 3. The van der Waals surface area contributed by atoms with E-state index in [4.69, 9.17) is 0 Å². The monoisotopic (exact) mass is 577 g/mol. The van der Waals surface area contributed by atoms with Gasteiger partial charge in [0.2, 0.25) is 5.91 Å². The number of nitrogens with one attached hydrogen (secondary N) is 3. The Morgan fingerprint density at radius 1 is 0.786 bits per heavy atom. The van der Waals surface area contributed by atoms with Crippen LogP contribution in [0.4, 0.5) is 11.4 Å². The molecule has 0 aliphatic heterocycles. The van der Waals surface area contributed by atoms with Gasteiger partial charge in [-0.05, 0) is 86.4 Å². The lowest BCUT2D eigenvalue weighted by atomic mass is 10.1. The van der Waals surface area contributed by atoms with E-state index in [0.717, 1.165) is 32.8 Å². The molecule has 1 atom stereocenters. The molecule has 0 fully saturated rings. The SMILES string of the molecule is CCC(Sc1cccc(NC(=O)/C(=C/c2ccccc2C)NC(=O)c2ccccc2)c1)C(=O)Nc1ccc(C)cc1C. The number of amides is 3. The predicted molar refractivity (Wildman–Crippen MR) is 173 cm³/mol. The van der Waals surface area contributed by atoms with E-state index in [-0.39, 0.29) is 22.8 Å². The highest BCUT2D eigenvalue weighted by Crippen LogP contribution is 2.29. The smallest absolute Gasteiger partial charge is 0.272 e. The molecule has 214 valence electrons. The van der Waals surface area contributed by atoms with Crippen molar-refractivity contribution in [2.24, 2.45) is 0 Å². The molecule has 0 aliphatic carbocycles. The van der Waals surface area contributed by atoms with Gasteiger partial charge in [0.15, 0.2) is 0 Å². The van der Waals surface area contributed by atoms with Crippen molar-refractivity contribution in [2.45, 2.75) is 44.3 Å². The second kappa shape index (κ2) is 14.3. The molecule has 0 spiro atoms. The Labute approximate surface area is 251 Å². The fourth-order valence-corrected chi connectivity index (χ4v) is 5.36. The van der Waals surface area contributed by atoms with Gasteiger partial charge in [-0.3, -0.25) is 14.4 Å². The van der Waals surface area contributed by atoms with E-state index in [9.17, 15) is 14.4 Å². The molecule has 0 aromatic heterocycles. The van der Waals surface area contributed by atoms with Crippen molar-refractivity contribution >= 4 is 46.9 Å². The standard InChI is InChI=1S/C35H35N3O3S/c1-5-32(35(41)37-30-19-18-23(2)20-25(30)4)42-29-17-11-16-28(22-29)36-34(40)31(21-27-15-10-9-12-24(27)3)38-33(39)26-13-7-6-8-14-26/h6-22,32H,5H2,1-4H3,(H,36,40)(H,37,41)(H,38,39)/b31-21-. The highest BCUT2D eigenvalue weighted by molar-refractivity contribution is 8.00. The van der Waals surface area contributed by atoms with Gasteiger partial charge in [-0.2, -0.15) is 0 Å². The molecule has 4 aromatic rings. The fourth-order valence-electron chi connectivity index (χ4n) is 4.35. The van der Waals surface area contributed by atoms with Crippen LogP contribution >= 0.6 is 11.8 Å². The Morgan fingerprint density at radius 3 is 2.24 bits per heavy atom. The molecule has 4 rings (SSSR count). The lowest BCUT2D eigenvalue weighted by Crippen LogP contribution is -2.30. The number of carbonyl (C=O) groups is 3. The maximum absolute atomic E-state index is 13.5. The quantitative estimate of drug-likeness (QED) is 0.134. The van der Waals surface area contributed by atoms with Crippen LogP contribution in [0.5, 0.6) is 0 Å². The normalized spacial score (nSPS) is 11.9. The molecule has 3 N–H and O–H groups in total. The lowest BCUT2D eigenvalue weighted by Gasteiger charge is -2.17. The van der Waals surface area contributed by atoms with E-state index < -0.39 is 5.91 Å². The Balaban J connectivity index is 1.51. The highest BCUT2D eigenvalue weighted by Gasteiger charge is 2.20. The van der Waals surface area contributed by atoms with Gasteiger partial charge in [0.25, 0.3) is 11.8 Å². The summed E-state index contributed by atoms with van der Waals surface area (Å²) in [5.74, 6) is -0.907. The molecular weight excluding hydrogens is 542 g/mol. The number of benzene rings is 4. The van der Waals surface area contributed by atoms with Crippen molar-refractivity contribution < 1.29 is 14.4 Å². The van der Waals surface area contributed by atoms with Gasteiger partial charge in [-0.15, -0.1) is 11.8 Å². The summed E-state index contributed by atoms with van der Waals surface area (Å²) in [6.07, 6.45) is 2.31. The van der Waals surface area contributed by atoms with Crippen LogP contribution < -0.4 is 16.0 Å². The number of carbonyl (C=O) groups excluding carboxylic acids is 3. The minimum atomic E-state index is -0.454. The molecule has 42 heavy (non-hydrogen) atoms. The number of thioether (sulfide) groups is 1. The first-order valence-corrected chi connectivity index (χ1v) is 14.7. The average Bonchev–Trinajstić information content (AvgIpc) is 2.98. The first-order valence-electron chi connectivity index (χ1n) is 13.8. The van der Waals surface area contributed by atoms with Crippen LogP contribution in [0.25, 0.3) is 6.08 Å². The molecule has 3 amide bonds. The van der Waals surface area contributed by atoms with Crippen molar-refractivity contribution in [2.75, 3.05) is 10.6 Å². The Kier molecular flexibility index (Phi) is 10.3. The van der Waals surface area contributed by atoms with Crippen molar-refractivity contribution in [3.05, 3.63) is 131 Å². The maximum atomic E-state index is 13.5. The third-order valence-corrected chi connectivity index (χ3v) is 8.05. The van der Waals surface area contributed by atoms with Crippen molar-refractivity contribution in [1.82, 2.24) is 5.32 Å². The van der Waals surface area contributed by atoms with Crippen LogP contribution in [-0.4, -0.2) is 23.0 Å². The topological polar surface area (TPSA) is 87.3 Å². The summed E-state index contributed by atoms with van der Waals surface area (Å²) >= 11 is 1.44. The van der Waals surface area contributed by atoms with Crippen molar-refractivity contribution in [3.63, 3.8) is 0 Å². The van der Waals surface area contributed by atoms with E-state index in [2.05, 4.69) is 16.0 Å². The molecule has 4 aromatic carbocycles. The van der Waals surface area contributed by atoms with Gasteiger partial charge in [-0.25, -0.2) is 0 Å². The molecule has 0 radical (unpaired) electrons. The highest BCUT2D eigenvalue weighted by atomic mass is 32.2. The minimum absolute atomic E-state index is 0.0732. The van der Waals surface area contributed by atoms with Crippen molar-refractivity contribution in [3.8, 4) is 0 Å². The summed E-state index contributed by atoms with van der Waals surface area (Å²) in [6, 6.07) is 29.7. The fraction of sp³-hybridized carbons (Fsp3) is 0.171. The van der Waals surface area contributed by atoms with Crippen LogP contribution in [0.2, 0.25) is 0 Å². The third kappa shape index (κ3) is 8.21. The predicted octanol–water partition coefficient (Wildman–Crippen LogP) is 7.53. The summed E-state index contributed by atoms with van der Waals surface area (Å²) in [7, 11) is 0. The number of anilines is 2. The average molecular weight is 578 g/mol. The molecule has 6 nitrogen and oxygen atoms in total. The minimum Gasteiger partial charge on any atom is -0.325 e. The van der Waals surface area contributed by atoms with Crippen molar-refractivity contribution in [1.29, 1.82) is 0 Å². The summed E-state index contributed by atoms with van der Waals surface area (Å²) in [5, 5.41) is 8.43. The summed E-state index contributed by atoms with van der Waals surface area (Å²) in [5.41, 5.74) is 5.87. The molecule has 0 saturated heterocycles.